The van der Waals surface area contributed by atoms with Gasteiger partial charge in [0.05, 0.1) is 0 Å². The molecule has 0 amide bonds. The lowest BCUT2D eigenvalue weighted by Crippen LogP contribution is -2.21. The molecule has 0 aromatic heterocycles. The fraction of sp³-hybridized carbons (Fsp3) is 0.500. The monoisotopic (exact) mass is 190 g/mol. The third-order valence-electron chi connectivity index (χ3n) is 3.05. The number of hydrogen-bond acceptors (Lipinski definition) is 2. The zero-order chi connectivity index (χ0) is 9.97. The first kappa shape index (κ1) is 9.53. The first-order chi connectivity index (χ1) is 6.86. The van der Waals surface area contributed by atoms with Gasteiger partial charge < -0.3 is 10.6 Å². The van der Waals surface area contributed by atoms with Crippen molar-refractivity contribution in [1.82, 2.24) is 0 Å². The van der Waals surface area contributed by atoms with Crippen LogP contribution in [0.25, 0.3) is 0 Å². The molecule has 1 aromatic rings. The SMILES string of the molecule is CCN1CC(CCN)c2ccccc21. The maximum atomic E-state index is 5.63. The van der Waals surface area contributed by atoms with Gasteiger partial charge in [0.25, 0.3) is 0 Å². The van der Waals surface area contributed by atoms with Gasteiger partial charge in [-0.15, -0.1) is 0 Å². The van der Waals surface area contributed by atoms with Gasteiger partial charge >= 0.3 is 0 Å². The molecule has 0 spiro atoms. The van der Waals surface area contributed by atoms with E-state index < -0.39 is 0 Å². The Balaban J connectivity index is 2.29. The van der Waals surface area contributed by atoms with Gasteiger partial charge in [0.15, 0.2) is 0 Å². The van der Waals surface area contributed by atoms with Crippen molar-refractivity contribution in [2.45, 2.75) is 19.3 Å². The summed E-state index contributed by atoms with van der Waals surface area (Å²) in [6.07, 6.45) is 1.10. The molecule has 0 fully saturated rings. The van der Waals surface area contributed by atoms with Crippen molar-refractivity contribution >= 4 is 5.69 Å². The maximum absolute atomic E-state index is 5.63. The Morgan fingerprint density at radius 3 is 2.93 bits per heavy atom. The molecule has 0 aliphatic carbocycles. The lowest BCUT2D eigenvalue weighted by molar-refractivity contribution is 0.650. The summed E-state index contributed by atoms with van der Waals surface area (Å²) in [5.74, 6) is 0.649. The van der Waals surface area contributed by atoms with E-state index in [0.29, 0.717) is 5.92 Å². The smallest absolute Gasteiger partial charge is 0.0402 e. The van der Waals surface area contributed by atoms with Crippen molar-refractivity contribution in [2.24, 2.45) is 5.73 Å². The average Bonchev–Trinajstić information content (AvgIpc) is 2.58. The molecular weight excluding hydrogens is 172 g/mol. The zero-order valence-corrected chi connectivity index (χ0v) is 8.74. The molecule has 1 aliphatic rings. The van der Waals surface area contributed by atoms with Crippen LogP contribution in [0.4, 0.5) is 5.69 Å². The molecule has 2 N–H and O–H groups in total. The normalized spacial score (nSPS) is 19.9. The third-order valence-corrected chi connectivity index (χ3v) is 3.05. The Hall–Kier alpha value is -1.02. The number of hydrogen-bond donors (Lipinski definition) is 1. The topological polar surface area (TPSA) is 29.3 Å². The van der Waals surface area contributed by atoms with Crippen molar-refractivity contribution in [3.05, 3.63) is 29.8 Å². The van der Waals surface area contributed by atoms with Crippen molar-refractivity contribution in [3.8, 4) is 0 Å². The second-order valence-electron chi connectivity index (χ2n) is 3.87. The number of rotatable bonds is 3. The molecule has 0 saturated carbocycles. The Kier molecular flexibility index (Phi) is 2.73. The molecule has 1 aliphatic heterocycles. The molecule has 1 atom stereocenters. The van der Waals surface area contributed by atoms with E-state index in [1.54, 1.807) is 0 Å². The molecule has 2 rings (SSSR count). The minimum Gasteiger partial charge on any atom is -0.371 e. The fourth-order valence-electron chi connectivity index (χ4n) is 2.33. The van der Waals surface area contributed by atoms with Gasteiger partial charge in [-0.1, -0.05) is 18.2 Å². The predicted molar refractivity (Wildman–Crippen MR) is 60.7 cm³/mol. The van der Waals surface area contributed by atoms with E-state index in [2.05, 4.69) is 36.1 Å². The molecule has 0 bridgehead atoms. The van der Waals surface area contributed by atoms with Gasteiger partial charge in [0.1, 0.15) is 0 Å². The molecule has 2 heteroatoms. The average molecular weight is 190 g/mol. The first-order valence-electron chi connectivity index (χ1n) is 5.40. The first-order valence-corrected chi connectivity index (χ1v) is 5.40. The number of nitrogens with two attached hydrogens (primary N) is 1. The fourth-order valence-corrected chi connectivity index (χ4v) is 2.33. The van der Waals surface area contributed by atoms with Crippen LogP contribution in [0.1, 0.15) is 24.8 Å². The van der Waals surface area contributed by atoms with Crippen LogP contribution in [0.15, 0.2) is 24.3 Å². The Morgan fingerprint density at radius 2 is 2.21 bits per heavy atom. The van der Waals surface area contributed by atoms with Crippen LogP contribution in [-0.4, -0.2) is 19.6 Å². The van der Waals surface area contributed by atoms with Gasteiger partial charge in [-0.2, -0.15) is 0 Å². The van der Waals surface area contributed by atoms with E-state index >= 15 is 0 Å². The van der Waals surface area contributed by atoms with E-state index in [9.17, 15) is 0 Å². The number of anilines is 1. The van der Waals surface area contributed by atoms with Crippen LogP contribution in [0.2, 0.25) is 0 Å². The highest BCUT2D eigenvalue weighted by atomic mass is 15.1. The highest BCUT2D eigenvalue weighted by Gasteiger charge is 2.25. The van der Waals surface area contributed by atoms with E-state index in [-0.39, 0.29) is 0 Å². The highest BCUT2D eigenvalue weighted by Crippen LogP contribution is 2.37. The van der Waals surface area contributed by atoms with Gasteiger partial charge in [-0.05, 0) is 31.5 Å². The van der Waals surface area contributed by atoms with Crippen LogP contribution >= 0.6 is 0 Å². The number of fused-ring (bicyclic) bond motifs is 1. The summed E-state index contributed by atoms with van der Waals surface area (Å²) in [5, 5.41) is 0. The number of para-hydroxylation sites is 1. The van der Waals surface area contributed by atoms with E-state index in [1.807, 2.05) is 0 Å². The molecule has 2 nitrogen and oxygen atoms in total. The zero-order valence-electron chi connectivity index (χ0n) is 8.74. The lowest BCUT2D eigenvalue weighted by Gasteiger charge is -2.16. The molecular formula is C12H18N2. The summed E-state index contributed by atoms with van der Waals surface area (Å²) < 4.78 is 0. The summed E-state index contributed by atoms with van der Waals surface area (Å²) in [7, 11) is 0. The molecule has 76 valence electrons. The van der Waals surface area contributed by atoms with Crippen LogP contribution < -0.4 is 10.6 Å². The molecule has 14 heavy (non-hydrogen) atoms. The second-order valence-corrected chi connectivity index (χ2v) is 3.87. The summed E-state index contributed by atoms with van der Waals surface area (Å²) >= 11 is 0. The number of benzene rings is 1. The summed E-state index contributed by atoms with van der Waals surface area (Å²) in [6.45, 7) is 5.24. The Bertz CT molecular complexity index is 309. The van der Waals surface area contributed by atoms with E-state index in [0.717, 1.165) is 26.1 Å². The number of likely N-dealkylation sites (N-methyl/N-ethyl adjacent to an activating group) is 1. The molecule has 0 radical (unpaired) electrons. The van der Waals surface area contributed by atoms with Crippen LogP contribution in [-0.2, 0) is 0 Å². The third kappa shape index (κ3) is 1.50. The Labute approximate surface area is 85.7 Å². The lowest BCUT2D eigenvalue weighted by atomic mass is 9.98. The van der Waals surface area contributed by atoms with Crippen molar-refractivity contribution in [1.29, 1.82) is 0 Å². The highest BCUT2D eigenvalue weighted by molar-refractivity contribution is 5.59. The Morgan fingerprint density at radius 1 is 1.43 bits per heavy atom. The van der Waals surface area contributed by atoms with Gasteiger partial charge in [0.2, 0.25) is 0 Å². The second kappa shape index (κ2) is 4.01. The molecule has 1 unspecified atom stereocenters. The molecule has 1 heterocycles. The summed E-state index contributed by atoms with van der Waals surface area (Å²) in [6, 6.07) is 8.70. The van der Waals surface area contributed by atoms with Crippen molar-refractivity contribution in [2.75, 3.05) is 24.5 Å². The maximum Gasteiger partial charge on any atom is 0.0402 e. The van der Waals surface area contributed by atoms with Gasteiger partial charge in [-0.25, -0.2) is 0 Å². The number of nitrogens with zero attached hydrogens (tertiary/aromatic N) is 1. The van der Waals surface area contributed by atoms with Crippen molar-refractivity contribution in [3.63, 3.8) is 0 Å². The molecule has 1 aromatic carbocycles. The largest absolute Gasteiger partial charge is 0.371 e. The van der Waals surface area contributed by atoms with E-state index in [1.165, 1.54) is 11.3 Å². The molecule has 0 saturated heterocycles. The summed E-state index contributed by atoms with van der Waals surface area (Å²) in [5.41, 5.74) is 8.53. The van der Waals surface area contributed by atoms with Gasteiger partial charge in [0, 0.05) is 24.7 Å². The summed E-state index contributed by atoms with van der Waals surface area (Å²) in [4.78, 5) is 2.44. The van der Waals surface area contributed by atoms with Crippen molar-refractivity contribution < 1.29 is 0 Å². The standard InChI is InChI=1S/C12H18N2/c1-2-14-9-10(7-8-13)11-5-3-4-6-12(11)14/h3-6,10H,2,7-9,13H2,1H3. The van der Waals surface area contributed by atoms with Crippen LogP contribution in [0.5, 0.6) is 0 Å². The predicted octanol–water partition coefficient (Wildman–Crippen LogP) is 1.96. The van der Waals surface area contributed by atoms with Crippen LogP contribution in [0.3, 0.4) is 0 Å². The quantitative estimate of drug-likeness (QED) is 0.789. The van der Waals surface area contributed by atoms with E-state index in [4.69, 9.17) is 5.73 Å². The minimum absolute atomic E-state index is 0.649. The minimum atomic E-state index is 0.649. The van der Waals surface area contributed by atoms with Gasteiger partial charge in [-0.3, -0.25) is 0 Å². The van der Waals surface area contributed by atoms with Crippen LogP contribution in [0, 0.1) is 0 Å².